The van der Waals surface area contributed by atoms with Crippen molar-refractivity contribution >= 4 is 7.54 Å². The van der Waals surface area contributed by atoms with E-state index in [1.54, 1.807) is 0 Å². The third-order valence-corrected chi connectivity index (χ3v) is 2.34. The lowest BCUT2D eigenvalue weighted by Crippen LogP contribution is -2.12. The van der Waals surface area contributed by atoms with Crippen molar-refractivity contribution < 1.29 is 17.7 Å². The average molecular weight is 285 g/mol. The lowest BCUT2D eigenvalue weighted by Gasteiger charge is -2.04. The fourth-order valence-electron chi connectivity index (χ4n) is 1.54. The molecule has 0 atom stereocenters. The van der Waals surface area contributed by atoms with Crippen molar-refractivity contribution in [2.45, 2.75) is 13.1 Å². The van der Waals surface area contributed by atoms with Crippen LogP contribution in [-0.4, -0.2) is 7.54 Å². The Bertz CT molecular complexity index is 397. The quantitative estimate of drug-likeness (QED) is 0.661. The Labute approximate surface area is 116 Å². The van der Waals surface area contributed by atoms with Crippen molar-refractivity contribution in [3.63, 3.8) is 0 Å². The number of rotatable bonds is 4. The number of hydrogen-bond acceptors (Lipinski definition) is 1. The van der Waals surface area contributed by atoms with Gasteiger partial charge in [-0.2, -0.15) is 0 Å². The van der Waals surface area contributed by atoms with Crippen LogP contribution in [0.15, 0.2) is 60.7 Å². The average Bonchev–Trinajstić information content (AvgIpc) is 2.41. The number of benzene rings is 2. The van der Waals surface area contributed by atoms with Crippen molar-refractivity contribution in [2.75, 3.05) is 0 Å². The van der Waals surface area contributed by atoms with E-state index in [0.717, 1.165) is 13.1 Å². The summed E-state index contributed by atoms with van der Waals surface area (Å²) in [5, 5.41) is 3.42. The molecule has 0 aliphatic rings. The summed E-state index contributed by atoms with van der Waals surface area (Å²) in [6, 6.07) is 20.9. The van der Waals surface area contributed by atoms with Crippen LogP contribution >= 0.6 is 0 Å². The molecule has 2 rings (SSSR count). The maximum atomic E-state index is 9.67. The van der Waals surface area contributed by atoms with Gasteiger partial charge in [-0.1, -0.05) is 60.7 Å². The summed E-state index contributed by atoms with van der Waals surface area (Å²) in [4.78, 5) is 0. The topological polar surface area (TPSA) is 12.0 Å². The highest BCUT2D eigenvalue weighted by Crippen LogP contribution is 2.00. The van der Waals surface area contributed by atoms with E-state index in [4.69, 9.17) is 0 Å². The molecule has 0 spiro atoms. The lowest BCUT2D eigenvalue weighted by atomic mass is 10.2. The Hall–Kier alpha value is -1.82. The molecule has 0 saturated heterocycles. The van der Waals surface area contributed by atoms with Gasteiger partial charge in [-0.05, 0) is 11.1 Å². The van der Waals surface area contributed by atoms with Crippen molar-refractivity contribution in [2.24, 2.45) is 0 Å². The molecular formula is C14H16BF4N. The first-order chi connectivity index (χ1) is 9.18. The summed E-state index contributed by atoms with van der Waals surface area (Å²) in [6.45, 7) is 1.85. The molecule has 0 amide bonds. The van der Waals surface area contributed by atoms with Crippen molar-refractivity contribution in [1.82, 2.24) is 5.32 Å². The maximum absolute atomic E-state index is 9.67. The van der Waals surface area contributed by atoms with Crippen LogP contribution in [0.5, 0.6) is 0 Å². The normalized spacial score (nSPS) is 8.95. The SMILES string of the molecule is F.FB(F)F.c1ccc(CNCc2ccccc2)cc1. The summed E-state index contributed by atoms with van der Waals surface area (Å²) < 4.78 is 29.0. The minimum atomic E-state index is -3.67. The third-order valence-electron chi connectivity index (χ3n) is 2.34. The molecule has 0 heterocycles. The van der Waals surface area contributed by atoms with E-state index in [9.17, 15) is 12.9 Å². The van der Waals surface area contributed by atoms with Crippen LogP contribution in [0.2, 0.25) is 0 Å². The van der Waals surface area contributed by atoms with Gasteiger partial charge >= 0.3 is 7.54 Å². The fraction of sp³-hybridized carbons (Fsp3) is 0.143. The van der Waals surface area contributed by atoms with Crippen LogP contribution in [0.3, 0.4) is 0 Å². The summed E-state index contributed by atoms with van der Waals surface area (Å²) in [5.74, 6) is 0. The van der Waals surface area contributed by atoms with Gasteiger partial charge in [-0.15, -0.1) is 0 Å². The predicted molar refractivity (Wildman–Crippen MR) is 75.0 cm³/mol. The molecule has 0 unspecified atom stereocenters. The molecule has 0 bridgehead atoms. The molecule has 0 fully saturated rings. The molecule has 2 aromatic carbocycles. The van der Waals surface area contributed by atoms with Gasteiger partial charge in [0, 0.05) is 13.1 Å². The molecule has 0 aliphatic heterocycles. The molecule has 1 N–H and O–H groups in total. The molecule has 1 nitrogen and oxygen atoms in total. The summed E-state index contributed by atoms with van der Waals surface area (Å²) in [6.07, 6.45) is 0. The highest BCUT2D eigenvalue weighted by atomic mass is 19.4. The van der Waals surface area contributed by atoms with Crippen molar-refractivity contribution in [3.8, 4) is 0 Å². The fourth-order valence-corrected chi connectivity index (χ4v) is 1.54. The monoisotopic (exact) mass is 285 g/mol. The van der Waals surface area contributed by atoms with Crippen LogP contribution in [-0.2, 0) is 13.1 Å². The molecule has 2 aromatic rings. The van der Waals surface area contributed by atoms with Gasteiger partial charge in [0.2, 0.25) is 0 Å². The van der Waals surface area contributed by atoms with E-state index in [2.05, 4.69) is 53.8 Å². The van der Waals surface area contributed by atoms with Crippen molar-refractivity contribution in [1.29, 1.82) is 0 Å². The molecule has 0 radical (unpaired) electrons. The van der Waals surface area contributed by atoms with E-state index >= 15 is 0 Å². The second-order valence-electron chi connectivity index (χ2n) is 3.82. The van der Waals surface area contributed by atoms with Gasteiger partial charge in [0.05, 0.1) is 0 Å². The molecule has 0 aliphatic carbocycles. The highest BCUT2D eigenvalue weighted by molar-refractivity contribution is 6.33. The van der Waals surface area contributed by atoms with E-state index < -0.39 is 7.54 Å². The van der Waals surface area contributed by atoms with E-state index in [-0.39, 0.29) is 4.70 Å². The summed E-state index contributed by atoms with van der Waals surface area (Å²) in [7, 11) is -3.67. The zero-order chi connectivity index (χ0) is 13.9. The highest BCUT2D eigenvalue weighted by Gasteiger charge is 2.06. The Balaban J connectivity index is 0.000000644. The standard InChI is InChI=1S/C14H15N.BF3.FH/c1-3-7-13(8-4-1)11-15-12-14-9-5-2-6-10-14;2-1(3)4;/h1-10,15H,11-12H2;;1H. The predicted octanol–water partition coefficient (Wildman–Crippen LogP) is 4.01. The minimum Gasteiger partial charge on any atom is -0.309 e. The van der Waals surface area contributed by atoms with Gasteiger partial charge in [-0.25, -0.2) is 0 Å². The number of hydrogen-bond donors (Lipinski definition) is 1. The van der Waals surface area contributed by atoms with Crippen LogP contribution < -0.4 is 5.32 Å². The van der Waals surface area contributed by atoms with Crippen LogP contribution in [0, 0.1) is 0 Å². The first-order valence-electron chi connectivity index (χ1n) is 5.89. The molecule has 20 heavy (non-hydrogen) atoms. The Morgan fingerprint density at radius 2 is 1.00 bits per heavy atom. The molecule has 0 aromatic heterocycles. The molecule has 6 heteroatoms. The molecule has 0 saturated carbocycles. The van der Waals surface area contributed by atoms with E-state index in [0.29, 0.717) is 0 Å². The number of nitrogens with one attached hydrogen (secondary N) is 1. The second-order valence-corrected chi connectivity index (χ2v) is 3.82. The zero-order valence-electron chi connectivity index (χ0n) is 10.8. The smallest absolute Gasteiger partial charge is 0.309 e. The Kier molecular flexibility index (Phi) is 10.0. The van der Waals surface area contributed by atoms with E-state index in [1.807, 2.05) is 12.1 Å². The van der Waals surface area contributed by atoms with Crippen LogP contribution in [0.1, 0.15) is 11.1 Å². The lowest BCUT2D eigenvalue weighted by molar-refractivity contribution is 0.535. The van der Waals surface area contributed by atoms with Gasteiger partial charge in [0.25, 0.3) is 0 Å². The summed E-state index contributed by atoms with van der Waals surface area (Å²) >= 11 is 0. The zero-order valence-corrected chi connectivity index (χ0v) is 10.8. The third kappa shape index (κ3) is 9.16. The van der Waals surface area contributed by atoms with Crippen LogP contribution in [0.4, 0.5) is 17.7 Å². The minimum absolute atomic E-state index is 0. The Morgan fingerprint density at radius 3 is 1.30 bits per heavy atom. The van der Waals surface area contributed by atoms with Gasteiger partial charge in [0.15, 0.2) is 0 Å². The van der Waals surface area contributed by atoms with Gasteiger partial charge in [-0.3, -0.25) is 17.7 Å². The van der Waals surface area contributed by atoms with Crippen molar-refractivity contribution in [3.05, 3.63) is 71.8 Å². The Morgan fingerprint density at radius 1 is 0.700 bits per heavy atom. The van der Waals surface area contributed by atoms with Gasteiger partial charge < -0.3 is 5.32 Å². The molecular weight excluding hydrogens is 269 g/mol. The van der Waals surface area contributed by atoms with Gasteiger partial charge in [0.1, 0.15) is 0 Å². The first-order valence-corrected chi connectivity index (χ1v) is 5.89. The largest absolute Gasteiger partial charge is 0.762 e. The first kappa shape index (κ1) is 18.2. The van der Waals surface area contributed by atoms with Crippen LogP contribution in [0.25, 0.3) is 0 Å². The second kappa shape index (κ2) is 11.0. The summed E-state index contributed by atoms with van der Waals surface area (Å²) in [5.41, 5.74) is 2.65. The maximum Gasteiger partial charge on any atom is 0.762 e. The molecule has 108 valence electrons. The number of halogens is 4. The van der Waals surface area contributed by atoms with E-state index in [1.165, 1.54) is 11.1 Å².